The maximum absolute atomic E-state index is 9.77. The van der Waals surface area contributed by atoms with Crippen molar-refractivity contribution in [2.75, 3.05) is 12.8 Å². The fourth-order valence-corrected chi connectivity index (χ4v) is 1.41. The Morgan fingerprint density at radius 1 is 1.31 bits per heavy atom. The van der Waals surface area contributed by atoms with E-state index in [1.165, 1.54) is 13.3 Å². The van der Waals surface area contributed by atoms with Gasteiger partial charge in [0, 0.05) is 6.20 Å². The molecule has 0 amide bonds. The number of rotatable bonds is 2. The van der Waals surface area contributed by atoms with E-state index in [1.54, 1.807) is 24.3 Å². The average Bonchev–Trinajstić information content (AvgIpc) is 2.28. The number of methoxy groups -OCH3 is 1. The van der Waals surface area contributed by atoms with E-state index in [2.05, 4.69) is 9.97 Å². The van der Waals surface area contributed by atoms with E-state index in [0.29, 0.717) is 23.0 Å². The van der Waals surface area contributed by atoms with Gasteiger partial charge in [-0.15, -0.1) is 0 Å². The Bertz CT molecular complexity index is 514. The van der Waals surface area contributed by atoms with Gasteiger partial charge >= 0.3 is 0 Å². The molecule has 0 aliphatic rings. The first kappa shape index (κ1) is 10.2. The van der Waals surface area contributed by atoms with Crippen molar-refractivity contribution in [3.8, 4) is 22.9 Å². The van der Waals surface area contributed by atoms with E-state index in [-0.39, 0.29) is 5.75 Å². The van der Waals surface area contributed by atoms with Gasteiger partial charge in [0.25, 0.3) is 0 Å². The van der Waals surface area contributed by atoms with Crippen LogP contribution >= 0.6 is 0 Å². The van der Waals surface area contributed by atoms with Crippen molar-refractivity contribution in [2.45, 2.75) is 0 Å². The highest BCUT2D eigenvalue weighted by atomic mass is 16.5. The molecule has 5 nitrogen and oxygen atoms in total. The van der Waals surface area contributed by atoms with Crippen molar-refractivity contribution >= 4 is 5.82 Å². The number of hydrogen-bond donors (Lipinski definition) is 2. The molecule has 16 heavy (non-hydrogen) atoms. The molecule has 82 valence electrons. The predicted octanol–water partition coefficient (Wildman–Crippen LogP) is 1.44. The Hall–Kier alpha value is -2.30. The van der Waals surface area contributed by atoms with Crippen molar-refractivity contribution in [1.82, 2.24) is 9.97 Å². The van der Waals surface area contributed by atoms with Gasteiger partial charge < -0.3 is 15.6 Å². The number of benzene rings is 1. The van der Waals surface area contributed by atoms with Gasteiger partial charge in [0.05, 0.1) is 7.11 Å². The van der Waals surface area contributed by atoms with E-state index < -0.39 is 0 Å². The summed E-state index contributed by atoms with van der Waals surface area (Å²) >= 11 is 0. The first-order chi connectivity index (χ1) is 7.72. The molecule has 0 unspecified atom stereocenters. The normalized spacial score (nSPS) is 10.1. The van der Waals surface area contributed by atoms with Crippen LogP contribution < -0.4 is 10.5 Å². The average molecular weight is 217 g/mol. The SMILES string of the molecule is COc1cccc(O)c1-c1nccc(N)n1. The number of phenolic OH excluding ortho intramolecular Hbond substituents is 1. The summed E-state index contributed by atoms with van der Waals surface area (Å²) in [6.07, 6.45) is 1.53. The standard InChI is InChI=1S/C11H11N3O2/c1-16-8-4-2-3-7(15)10(8)11-13-6-5-9(12)14-11/h2-6,15H,1H3,(H2,12,13,14). The summed E-state index contributed by atoms with van der Waals surface area (Å²) in [6.45, 7) is 0. The number of hydrogen-bond acceptors (Lipinski definition) is 5. The zero-order chi connectivity index (χ0) is 11.5. The van der Waals surface area contributed by atoms with Crippen LogP contribution in [0.25, 0.3) is 11.4 Å². The summed E-state index contributed by atoms with van der Waals surface area (Å²) in [5.74, 6) is 1.25. The second-order valence-corrected chi connectivity index (χ2v) is 3.16. The fourth-order valence-electron chi connectivity index (χ4n) is 1.41. The summed E-state index contributed by atoms with van der Waals surface area (Å²) in [6, 6.07) is 6.53. The molecule has 2 aromatic rings. The largest absolute Gasteiger partial charge is 0.507 e. The van der Waals surface area contributed by atoms with Gasteiger partial charge in [-0.1, -0.05) is 6.07 Å². The van der Waals surface area contributed by atoms with Crippen LogP contribution in [0.1, 0.15) is 0 Å². The molecule has 2 rings (SSSR count). The molecule has 1 heterocycles. The molecule has 1 aromatic heterocycles. The third-order valence-corrected chi connectivity index (χ3v) is 2.12. The Morgan fingerprint density at radius 3 is 2.81 bits per heavy atom. The maximum Gasteiger partial charge on any atom is 0.169 e. The van der Waals surface area contributed by atoms with E-state index in [4.69, 9.17) is 10.5 Å². The Labute approximate surface area is 92.5 Å². The first-order valence-corrected chi connectivity index (χ1v) is 4.67. The summed E-state index contributed by atoms with van der Waals surface area (Å²) in [4.78, 5) is 8.09. The highest BCUT2D eigenvalue weighted by Gasteiger charge is 2.13. The molecule has 0 bridgehead atoms. The van der Waals surface area contributed by atoms with Crippen molar-refractivity contribution in [1.29, 1.82) is 0 Å². The van der Waals surface area contributed by atoms with Gasteiger partial charge in [0.1, 0.15) is 22.9 Å². The van der Waals surface area contributed by atoms with Crippen molar-refractivity contribution in [2.24, 2.45) is 0 Å². The number of nitrogens with zero attached hydrogens (tertiary/aromatic N) is 2. The van der Waals surface area contributed by atoms with Crippen LogP contribution in [0.5, 0.6) is 11.5 Å². The summed E-state index contributed by atoms with van der Waals surface area (Å²) in [5.41, 5.74) is 6.01. The summed E-state index contributed by atoms with van der Waals surface area (Å²) in [5, 5.41) is 9.77. The number of nitrogens with two attached hydrogens (primary N) is 1. The lowest BCUT2D eigenvalue weighted by atomic mass is 10.1. The Balaban J connectivity index is 2.63. The highest BCUT2D eigenvalue weighted by molar-refractivity contribution is 5.71. The van der Waals surface area contributed by atoms with Crippen molar-refractivity contribution in [3.05, 3.63) is 30.5 Å². The van der Waals surface area contributed by atoms with Gasteiger partial charge in [-0.2, -0.15) is 0 Å². The Kier molecular flexibility index (Phi) is 2.59. The molecule has 0 aliphatic heterocycles. The van der Waals surface area contributed by atoms with E-state index in [1.807, 2.05) is 0 Å². The highest BCUT2D eigenvalue weighted by Crippen LogP contribution is 2.35. The lowest BCUT2D eigenvalue weighted by Crippen LogP contribution is -1.96. The number of aromatic hydroxyl groups is 1. The minimum atomic E-state index is 0.0601. The van der Waals surface area contributed by atoms with Gasteiger partial charge in [-0.05, 0) is 18.2 Å². The third-order valence-electron chi connectivity index (χ3n) is 2.12. The van der Waals surface area contributed by atoms with E-state index in [0.717, 1.165) is 0 Å². The molecule has 5 heteroatoms. The zero-order valence-corrected chi connectivity index (χ0v) is 8.71. The topological polar surface area (TPSA) is 81.3 Å². The van der Waals surface area contributed by atoms with Crippen LogP contribution in [-0.4, -0.2) is 22.2 Å². The maximum atomic E-state index is 9.77. The lowest BCUT2D eigenvalue weighted by molar-refractivity contribution is 0.410. The third kappa shape index (κ3) is 1.75. The number of ether oxygens (including phenoxy) is 1. The summed E-state index contributed by atoms with van der Waals surface area (Å²) < 4.78 is 5.14. The molecule has 0 aliphatic carbocycles. The van der Waals surface area contributed by atoms with E-state index >= 15 is 0 Å². The molecular formula is C11H11N3O2. The molecule has 0 fully saturated rings. The van der Waals surface area contributed by atoms with Crippen LogP contribution in [0.15, 0.2) is 30.5 Å². The lowest BCUT2D eigenvalue weighted by Gasteiger charge is -2.08. The fraction of sp³-hybridized carbons (Fsp3) is 0.0909. The smallest absolute Gasteiger partial charge is 0.169 e. The molecule has 0 atom stereocenters. The molecule has 3 N–H and O–H groups in total. The van der Waals surface area contributed by atoms with Crippen LogP contribution in [0, 0.1) is 0 Å². The molecule has 1 aromatic carbocycles. The monoisotopic (exact) mass is 217 g/mol. The molecule has 0 spiro atoms. The molecule has 0 radical (unpaired) electrons. The first-order valence-electron chi connectivity index (χ1n) is 4.67. The zero-order valence-electron chi connectivity index (χ0n) is 8.71. The van der Waals surface area contributed by atoms with E-state index in [9.17, 15) is 5.11 Å². The summed E-state index contributed by atoms with van der Waals surface area (Å²) in [7, 11) is 1.52. The molecule has 0 saturated heterocycles. The Morgan fingerprint density at radius 2 is 2.12 bits per heavy atom. The number of anilines is 1. The van der Waals surface area contributed by atoms with Crippen LogP contribution in [0.3, 0.4) is 0 Å². The number of nitrogen functional groups attached to an aromatic ring is 1. The second kappa shape index (κ2) is 4.06. The van der Waals surface area contributed by atoms with Crippen LogP contribution in [0.4, 0.5) is 5.82 Å². The van der Waals surface area contributed by atoms with Crippen LogP contribution in [-0.2, 0) is 0 Å². The minimum absolute atomic E-state index is 0.0601. The quantitative estimate of drug-likeness (QED) is 0.795. The minimum Gasteiger partial charge on any atom is -0.507 e. The predicted molar refractivity (Wildman–Crippen MR) is 60.1 cm³/mol. The number of aromatic nitrogens is 2. The second-order valence-electron chi connectivity index (χ2n) is 3.16. The van der Waals surface area contributed by atoms with Gasteiger partial charge in [-0.3, -0.25) is 0 Å². The molecular weight excluding hydrogens is 206 g/mol. The van der Waals surface area contributed by atoms with Gasteiger partial charge in [0.2, 0.25) is 0 Å². The number of phenols is 1. The molecule has 0 saturated carbocycles. The van der Waals surface area contributed by atoms with Crippen molar-refractivity contribution < 1.29 is 9.84 Å². The van der Waals surface area contributed by atoms with Crippen molar-refractivity contribution in [3.63, 3.8) is 0 Å². The van der Waals surface area contributed by atoms with Crippen LogP contribution in [0.2, 0.25) is 0 Å². The van der Waals surface area contributed by atoms with Gasteiger partial charge in [-0.25, -0.2) is 9.97 Å². The van der Waals surface area contributed by atoms with Gasteiger partial charge in [0.15, 0.2) is 5.82 Å².